The Labute approximate surface area is 157 Å². The van der Waals surface area contributed by atoms with Crippen molar-refractivity contribution in [3.05, 3.63) is 54.1 Å². The van der Waals surface area contributed by atoms with Gasteiger partial charge in [0.25, 0.3) is 10.0 Å². The number of esters is 1. The van der Waals surface area contributed by atoms with Crippen LogP contribution in [0.15, 0.2) is 53.4 Å². The van der Waals surface area contributed by atoms with Crippen molar-refractivity contribution < 1.29 is 32.5 Å². The van der Waals surface area contributed by atoms with Crippen LogP contribution in [0.4, 0.5) is 5.69 Å². The number of methoxy groups -OCH3 is 1. The van der Waals surface area contributed by atoms with E-state index in [1.807, 2.05) is 0 Å². The van der Waals surface area contributed by atoms with Crippen LogP contribution in [0.25, 0.3) is 0 Å². The minimum absolute atomic E-state index is 0.0342. The molecular weight excluding hydrogens is 374 g/mol. The molecule has 0 radical (unpaired) electrons. The van der Waals surface area contributed by atoms with Crippen LogP contribution in [0.3, 0.4) is 0 Å². The summed E-state index contributed by atoms with van der Waals surface area (Å²) in [5.74, 6) is -0.155. The zero-order chi connectivity index (χ0) is 19.9. The number of ether oxygens (including phenoxy) is 3. The number of aliphatic hydroxyl groups is 1. The molecule has 2 aromatic carbocycles. The van der Waals surface area contributed by atoms with E-state index in [1.165, 1.54) is 43.5 Å². The minimum atomic E-state index is -3.80. The van der Waals surface area contributed by atoms with Gasteiger partial charge in [-0.2, -0.15) is 0 Å². The number of aliphatic hydroxyl groups excluding tert-OH is 1. The number of anilines is 1. The van der Waals surface area contributed by atoms with E-state index in [1.54, 1.807) is 19.1 Å². The molecule has 9 heteroatoms. The summed E-state index contributed by atoms with van der Waals surface area (Å²) in [5, 5.41) is 9.56. The van der Waals surface area contributed by atoms with E-state index in [2.05, 4.69) is 4.72 Å². The van der Waals surface area contributed by atoms with Gasteiger partial charge in [-0.1, -0.05) is 12.1 Å². The summed E-state index contributed by atoms with van der Waals surface area (Å²) >= 11 is 0. The molecule has 1 unspecified atom stereocenters. The van der Waals surface area contributed by atoms with Gasteiger partial charge in [-0.05, 0) is 43.3 Å². The predicted octanol–water partition coefficient (Wildman–Crippen LogP) is 2.07. The Bertz CT molecular complexity index is 848. The van der Waals surface area contributed by atoms with E-state index in [-0.39, 0.29) is 18.1 Å². The maximum atomic E-state index is 12.4. The van der Waals surface area contributed by atoms with Gasteiger partial charge in [-0.25, -0.2) is 13.2 Å². The second-order valence-corrected chi connectivity index (χ2v) is 7.06. The normalized spacial score (nSPS) is 12.3. The van der Waals surface area contributed by atoms with E-state index in [0.29, 0.717) is 17.0 Å². The second-order valence-electron chi connectivity index (χ2n) is 5.38. The molecule has 1 atom stereocenters. The Morgan fingerprint density at radius 2 is 1.74 bits per heavy atom. The Balaban J connectivity index is 2.02. The smallest absolute Gasteiger partial charge is 0.344 e. The standard InChI is InChI=1S/C18H21NO7S/c1-3-25-17(20)12-26-15-8-10-16(11-9-15)27(22,23)19-14-6-4-13(5-7-14)18(21)24-2/h4-11,18-19,21H,3,12H2,1-2H3. The van der Waals surface area contributed by atoms with Gasteiger partial charge in [0.15, 0.2) is 12.9 Å². The molecule has 0 amide bonds. The molecule has 0 heterocycles. The van der Waals surface area contributed by atoms with Crippen LogP contribution >= 0.6 is 0 Å². The SMILES string of the molecule is CCOC(=O)COc1ccc(S(=O)(=O)Nc2ccc(C(O)OC)cc2)cc1. The largest absolute Gasteiger partial charge is 0.482 e. The maximum Gasteiger partial charge on any atom is 0.344 e. The van der Waals surface area contributed by atoms with Gasteiger partial charge in [0.05, 0.1) is 11.5 Å². The van der Waals surface area contributed by atoms with Crippen molar-refractivity contribution in [2.24, 2.45) is 0 Å². The summed E-state index contributed by atoms with van der Waals surface area (Å²) in [7, 11) is -2.44. The van der Waals surface area contributed by atoms with Crippen LogP contribution in [0.2, 0.25) is 0 Å². The van der Waals surface area contributed by atoms with Crippen molar-refractivity contribution in [2.45, 2.75) is 18.1 Å². The van der Waals surface area contributed by atoms with E-state index >= 15 is 0 Å². The third-order valence-electron chi connectivity index (χ3n) is 3.47. The highest BCUT2D eigenvalue weighted by Gasteiger charge is 2.15. The molecule has 0 aliphatic carbocycles. The van der Waals surface area contributed by atoms with Crippen LogP contribution in [0, 0.1) is 0 Å². The molecule has 0 spiro atoms. The number of carbonyl (C=O) groups is 1. The molecule has 0 aromatic heterocycles. The molecule has 0 saturated heterocycles. The fourth-order valence-corrected chi connectivity index (χ4v) is 3.18. The third-order valence-corrected chi connectivity index (χ3v) is 4.86. The molecule has 0 fully saturated rings. The summed E-state index contributed by atoms with van der Waals surface area (Å²) in [6, 6.07) is 11.8. The van der Waals surface area contributed by atoms with E-state index in [0.717, 1.165) is 0 Å². The molecule has 2 N–H and O–H groups in total. The highest BCUT2D eigenvalue weighted by molar-refractivity contribution is 7.92. The second kappa shape index (κ2) is 9.36. The number of rotatable bonds is 9. The zero-order valence-corrected chi connectivity index (χ0v) is 15.7. The first-order valence-electron chi connectivity index (χ1n) is 8.08. The average molecular weight is 395 g/mol. The highest BCUT2D eigenvalue weighted by atomic mass is 32.2. The van der Waals surface area contributed by atoms with E-state index < -0.39 is 22.3 Å². The maximum absolute atomic E-state index is 12.4. The summed E-state index contributed by atoms with van der Waals surface area (Å²) in [6.07, 6.45) is -1.07. The molecule has 0 aliphatic heterocycles. The van der Waals surface area contributed by atoms with Gasteiger partial charge in [0.2, 0.25) is 0 Å². The lowest BCUT2D eigenvalue weighted by molar-refractivity contribution is -0.145. The van der Waals surface area contributed by atoms with Gasteiger partial charge in [-0.3, -0.25) is 4.72 Å². The number of sulfonamides is 1. The highest BCUT2D eigenvalue weighted by Crippen LogP contribution is 2.21. The molecule has 0 bridgehead atoms. The molecule has 2 rings (SSSR count). The van der Waals surface area contributed by atoms with E-state index in [4.69, 9.17) is 14.2 Å². The fraction of sp³-hybridized carbons (Fsp3) is 0.278. The lowest BCUT2D eigenvalue weighted by atomic mass is 10.2. The third kappa shape index (κ3) is 5.95. The Morgan fingerprint density at radius 1 is 1.11 bits per heavy atom. The van der Waals surface area contributed by atoms with Crippen molar-refractivity contribution in [3.8, 4) is 5.75 Å². The molecule has 0 saturated carbocycles. The first-order valence-corrected chi connectivity index (χ1v) is 9.56. The van der Waals surface area contributed by atoms with Crippen molar-refractivity contribution >= 4 is 21.7 Å². The van der Waals surface area contributed by atoms with Gasteiger partial charge in [-0.15, -0.1) is 0 Å². The number of carbonyl (C=O) groups excluding carboxylic acids is 1. The summed E-state index contributed by atoms with van der Waals surface area (Å²) in [6.45, 7) is 1.70. The first kappa shape index (κ1) is 20.7. The number of benzene rings is 2. The molecular formula is C18H21NO7S. The Kier molecular flexibility index (Phi) is 7.17. The number of hydrogen-bond donors (Lipinski definition) is 2. The van der Waals surface area contributed by atoms with Gasteiger partial charge in [0, 0.05) is 18.4 Å². The molecule has 146 valence electrons. The fourth-order valence-electron chi connectivity index (χ4n) is 2.13. The monoisotopic (exact) mass is 395 g/mol. The van der Waals surface area contributed by atoms with Gasteiger partial charge < -0.3 is 19.3 Å². The summed E-state index contributed by atoms with van der Waals surface area (Å²) in [4.78, 5) is 11.3. The molecule has 0 aliphatic rings. The number of hydrogen-bond acceptors (Lipinski definition) is 7. The Hall–Kier alpha value is -2.62. The van der Waals surface area contributed by atoms with Gasteiger partial charge in [0.1, 0.15) is 5.75 Å². The molecule has 8 nitrogen and oxygen atoms in total. The zero-order valence-electron chi connectivity index (χ0n) is 14.9. The average Bonchev–Trinajstić information content (AvgIpc) is 2.66. The van der Waals surface area contributed by atoms with Gasteiger partial charge >= 0.3 is 5.97 Å². The van der Waals surface area contributed by atoms with Crippen molar-refractivity contribution in [3.63, 3.8) is 0 Å². The van der Waals surface area contributed by atoms with Crippen LogP contribution in [-0.4, -0.2) is 39.8 Å². The number of nitrogens with one attached hydrogen (secondary N) is 1. The van der Waals surface area contributed by atoms with Crippen molar-refractivity contribution in [1.82, 2.24) is 0 Å². The molecule has 27 heavy (non-hydrogen) atoms. The molecule has 2 aromatic rings. The summed E-state index contributed by atoms with van der Waals surface area (Å²) in [5.41, 5.74) is 0.841. The quantitative estimate of drug-likeness (QED) is 0.494. The summed E-state index contributed by atoms with van der Waals surface area (Å²) < 4.78 is 42.1. The lowest BCUT2D eigenvalue weighted by Crippen LogP contribution is -2.15. The van der Waals surface area contributed by atoms with Crippen LogP contribution in [-0.2, 0) is 24.3 Å². The van der Waals surface area contributed by atoms with E-state index in [9.17, 15) is 18.3 Å². The lowest BCUT2D eigenvalue weighted by Gasteiger charge is -2.12. The Morgan fingerprint density at radius 3 is 2.30 bits per heavy atom. The van der Waals surface area contributed by atoms with Crippen molar-refractivity contribution in [2.75, 3.05) is 25.0 Å². The van der Waals surface area contributed by atoms with Crippen LogP contribution in [0.5, 0.6) is 5.75 Å². The topological polar surface area (TPSA) is 111 Å². The van der Waals surface area contributed by atoms with Crippen LogP contribution in [0.1, 0.15) is 18.8 Å². The predicted molar refractivity (Wildman–Crippen MR) is 97.8 cm³/mol. The first-order chi connectivity index (χ1) is 12.9. The van der Waals surface area contributed by atoms with Crippen LogP contribution < -0.4 is 9.46 Å². The minimum Gasteiger partial charge on any atom is -0.482 e. The van der Waals surface area contributed by atoms with Crippen molar-refractivity contribution in [1.29, 1.82) is 0 Å².